The summed E-state index contributed by atoms with van der Waals surface area (Å²) < 4.78 is 1.01. The Morgan fingerprint density at radius 3 is 2.21 bits per heavy atom. The molecule has 0 spiro atoms. The smallest absolute Gasteiger partial charge is 0.244 e. The standard InChI is InChI=1S/C27H29BrN4OS/c28-22-13-15-23(16-14-22)30-27-32(18-8-7-17-29)24(19-34-27)26(33)31-25(20-9-3-1-4-10-20)21-11-5-2-6-12-21/h1-6,9-16,24-25H,7-8,17-19,29H2,(H,31,33). The van der Waals surface area contributed by atoms with E-state index >= 15 is 0 Å². The molecule has 5 nitrogen and oxygen atoms in total. The number of nitrogens with two attached hydrogens (primary N) is 1. The number of hydrogen-bond acceptors (Lipinski definition) is 4. The van der Waals surface area contributed by atoms with Crippen molar-refractivity contribution in [2.75, 3.05) is 18.8 Å². The molecule has 1 atom stereocenters. The second-order valence-electron chi connectivity index (χ2n) is 8.15. The zero-order valence-electron chi connectivity index (χ0n) is 18.9. The maximum Gasteiger partial charge on any atom is 0.244 e. The molecule has 0 aliphatic carbocycles. The molecule has 0 bridgehead atoms. The summed E-state index contributed by atoms with van der Waals surface area (Å²) in [6, 6.07) is 27.6. The number of aliphatic imine (C=N–C) groups is 1. The molecule has 0 saturated carbocycles. The van der Waals surface area contributed by atoms with Crippen molar-refractivity contribution in [2.24, 2.45) is 10.7 Å². The van der Waals surface area contributed by atoms with Crippen LogP contribution in [0.25, 0.3) is 0 Å². The number of hydrogen-bond donors (Lipinski definition) is 2. The molecule has 1 fully saturated rings. The minimum atomic E-state index is -0.285. The number of halogens is 1. The van der Waals surface area contributed by atoms with Crippen LogP contribution in [-0.2, 0) is 4.79 Å². The number of amidine groups is 1. The van der Waals surface area contributed by atoms with Gasteiger partial charge >= 0.3 is 0 Å². The van der Waals surface area contributed by atoms with Gasteiger partial charge in [0, 0.05) is 16.8 Å². The number of benzene rings is 3. The molecule has 1 aliphatic rings. The van der Waals surface area contributed by atoms with Crippen LogP contribution in [0.15, 0.2) is 94.4 Å². The molecule has 7 heteroatoms. The van der Waals surface area contributed by atoms with E-state index in [1.165, 1.54) is 0 Å². The molecule has 1 amide bonds. The highest BCUT2D eigenvalue weighted by Crippen LogP contribution is 2.30. The van der Waals surface area contributed by atoms with Gasteiger partial charge in [0.1, 0.15) is 6.04 Å². The van der Waals surface area contributed by atoms with E-state index in [9.17, 15) is 4.79 Å². The maximum atomic E-state index is 13.6. The van der Waals surface area contributed by atoms with Crippen LogP contribution in [0.2, 0.25) is 0 Å². The van der Waals surface area contributed by atoms with Crippen molar-refractivity contribution >= 4 is 44.5 Å². The van der Waals surface area contributed by atoms with Crippen LogP contribution >= 0.6 is 27.7 Å². The third-order valence-electron chi connectivity index (χ3n) is 5.75. The third-order valence-corrected chi connectivity index (χ3v) is 7.35. The summed E-state index contributed by atoms with van der Waals surface area (Å²) in [5.74, 6) is 0.680. The lowest BCUT2D eigenvalue weighted by Gasteiger charge is -2.28. The molecule has 1 unspecified atom stereocenters. The van der Waals surface area contributed by atoms with Crippen molar-refractivity contribution in [2.45, 2.75) is 24.9 Å². The Morgan fingerprint density at radius 2 is 1.62 bits per heavy atom. The Kier molecular flexibility index (Phi) is 8.79. The Hall–Kier alpha value is -2.61. The van der Waals surface area contributed by atoms with Gasteiger partial charge in [-0.2, -0.15) is 0 Å². The fraction of sp³-hybridized carbons (Fsp3) is 0.259. The number of rotatable bonds is 9. The first-order valence-electron chi connectivity index (χ1n) is 11.5. The molecule has 3 N–H and O–H groups in total. The molecule has 4 rings (SSSR count). The number of thioether (sulfide) groups is 1. The van der Waals surface area contributed by atoms with Crippen molar-refractivity contribution in [3.63, 3.8) is 0 Å². The Morgan fingerprint density at radius 1 is 1.00 bits per heavy atom. The number of carbonyl (C=O) groups excluding carboxylic acids is 1. The molecule has 0 radical (unpaired) electrons. The zero-order valence-corrected chi connectivity index (χ0v) is 21.3. The van der Waals surface area contributed by atoms with Crippen LogP contribution in [0.1, 0.15) is 30.0 Å². The van der Waals surface area contributed by atoms with E-state index in [2.05, 4.69) is 50.4 Å². The highest BCUT2D eigenvalue weighted by atomic mass is 79.9. The SMILES string of the molecule is NCCCCN1C(=Nc2ccc(Br)cc2)SCC1C(=O)NC(c1ccccc1)c1ccccc1. The van der Waals surface area contributed by atoms with Gasteiger partial charge in [-0.15, -0.1) is 0 Å². The van der Waals surface area contributed by atoms with Crippen LogP contribution < -0.4 is 11.1 Å². The molecule has 1 heterocycles. The summed E-state index contributed by atoms with van der Waals surface area (Å²) in [4.78, 5) is 20.6. The molecule has 0 aromatic heterocycles. The summed E-state index contributed by atoms with van der Waals surface area (Å²) in [5, 5.41) is 4.21. The fourth-order valence-corrected chi connectivity index (χ4v) is 5.42. The van der Waals surface area contributed by atoms with Gasteiger partial charge in [0.15, 0.2) is 5.17 Å². The predicted octanol–water partition coefficient (Wildman–Crippen LogP) is 5.50. The number of unbranched alkanes of at least 4 members (excludes halogenated alkanes) is 1. The van der Waals surface area contributed by atoms with Crippen molar-refractivity contribution < 1.29 is 4.79 Å². The Balaban J connectivity index is 1.57. The summed E-state index contributed by atoms with van der Waals surface area (Å²) in [6.07, 6.45) is 1.83. The van der Waals surface area contributed by atoms with Gasteiger partial charge in [-0.1, -0.05) is 88.4 Å². The Bertz CT molecular complexity index is 1050. The van der Waals surface area contributed by atoms with E-state index in [0.29, 0.717) is 12.3 Å². The summed E-state index contributed by atoms with van der Waals surface area (Å²) in [5.41, 5.74) is 8.74. The third kappa shape index (κ3) is 6.29. The number of nitrogens with one attached hydrogen (secondary N) is 1. The van der Waals surface area contributed by atoms with Gasteiger partial charge in [0.25, 0.3) is 0 Å². The average Bonchev–Trinajstić information content (AvgIpc) is 3.27. The average molecular weight is 538 g/mol. The van der Waals surface area contributed by atoms with Crippen molar-refractivity contribution in [3.05, 3.63) is 101 Å². The molecule has 1 aliphatic heterocycles. The lowest BCUT2D eigenvalue weighted by Crippen LogP contribution is -2.47. The zero-order chi connectivity index (χ0) is 23.8. The minimum absolute atomic E-state index is 0.0129. The molecule has 176 valence electrons. The van der Waals surface area contributed by atoms with Gasteiger partial charge in [-0.05, 0) is 54.8 Å². The highest BCUT2D eigenvalue weighted by Gasteiger charge is 2.36. The normalized spacial score (nSPS) is 16.9. The maximum absolute atomic E-state index is 13.6. The number of amides is 1. The predicted molar refractivity (Wildman–Crippen MR) is 145 cm³/mol. The number of carbonyl (C=O) groups is 1. The van der Waals surface area contributed by atoms with Crippen LogP contribution in [0, 0.1) is 0 Å². The quantitative estimate of drug-likeness (QED) is 0.354. The summed E-state index contributed by atoms with van der Waals surface area (Å²) in [6.45, 7) is 1.39. The van der Waals surface area contributed by atoms with Crippen molar-refractivity contribution in [1.82, 2.24) is 10.2 Å². The van der Waals surface area contributed by atoms with Gasteiger partial charge in [-0.25, -0.2) is 4.99 Å². The van der Waals surface area contributed by atoms with E-state index in [0.717, 1.165) is 45.8 Å². The molecular formula is C27H29BrN4OS. The summed E-state index contributed by atoms with van der Waals surface area (Å²) >= 11 is 5.11. The van der Waals surface area contributed by atoms with E-state index in [1.54, 1.807) is 11.8 Å². The molecule has 34 heavy (non-hydrogen) atoms. The second kappa shape index (κ2) is 12.2. The van der Waals surface area contributed by atoms with Crippen molar-refractivity contribution in [1.29, 1.82) is 0 Å². The van der Waals surface area contributed by atoms with Gasteiger partial charge < -0.3 is 16.0 Å². The van der Waals surface area contributed by atoms with Crippen LogP contribution in [0.5, 0.6) is 0 Å². The molecule has 3 aromatic rings. The second-order valence-corrected chi connectivity index (χ2v) is 10.1. The van der Waals surface area contributed by atoms with E-state index in [1.807, 2.05) is 60.7 Å². The van der Waals surface area contributed by atoms with Crippen LogP contribution in [-0.4, -0.2) is 40.9 Å². The lowest BCUT2D eigenvalue weighted by molar-refractivity contribution is -0.124. The molecular weight excluding hydrogens is 508 g/mol. The van der Waals surface area contributed by atoms with E-state index < -0.39 is 0 Å². The molecule has 1 saturated heterocycles. The van der Waals surface area contributed by atoms with E-state index in [-0.39, 0.29) is 18.0 Å². The monoisotopic (exact) mass is 536 g/mol. The summed E-state index contributed by atoms with van der Waals surface area (Å²) in [7, 11) is 0. The topological polar surface area (TPSA) is 70.7 Å². The van der Waals surface area contributed by atoms with Gasteiger partial charge in [0.2, 0.25) is 5.91 Å². The van der Waals surface area contributed by atoms with Gasteiger partial charge in [-0.3, -0.25) is 4.79 Å². The van der Waals surface area contributed by atoms with Crippen LogP contribution in [0.3, 0.4) is 0 Å². The number of nitrogens with zero attached hydrogens (tertiary/aromatic N) is 2. The first-order valence-corrected chi connectivity index (χ1v) is 13.3. The lowest BCUT2D eigenvalue weighted by atomic mass is 9.98. The van der Waals surface area contributed by atoms with Gasteiger partial charge in [0.05, 0.1) is 11.7 Å². The van der Waals surface area contributed by atoms with Crippen LogP contribution in [0.4, 0.5) is 5.69 Å². The van der Waals surface area contributed by atoms with E-state index in [4.69, 9.17) is 10.7 Å². The highest BCUT2D eigenvalue weighted by molar-refractivity contribution is 9.10. The fourth-order valence-electron chi connectivity index (χ4n) is 3.97. The first kappa shape index (κ1) is 24.5. The largest absolute Gasteiger partial charge is 0.343 e. The minimum Gasteiger partial charge on any atom is -0.343 e. The Labute approximate surface area is 214 Å². The molecule has 3 aromatic carbocycles. The first-order chi connectivity index (χ1) is 16.7. The van der Waals surface area contributed by atoms with Crippen molar-refractivity contribution in [3.8, 4) is 0 Å².